The van der Waals surface area contributed by atoms with E-state index in [0.717, 1.165) is 17.7 Å². The number of hydrogen-bond donors (Lipinski definition) is 2. The van der Waals surface area contributed by atoms with E-state index in [1.807, 2.05) is 6.07 Å². The molecule has 6 nitrogen and oxygen atoms in total. The van der Waals surface area contributed by atoms with Gasteiger partial charge in [0.25, 0.3) is 5.56 Å². The molecule has 1 aromatic heterocycles. The van der Waals surface area contributed by atoms with Crippen LogP contribution in [0.1, 0.15) is 16.7 Å². The minimum atomic E-state index is -0.446. The van der Waals surface area contributed by atoms with Gasteiger partial charge in [-0.2, -0.15) is 5.26 Å². The number of pyridine rings is 1. The summed E-state index contributed by atoms with van der Waals surface area (Å²) in [6.07, 6.45) is 0. The van der Waals surface area contributed by atoms with E-state index in [1.54, 1.807) is 6.92 Å². The first-order chi connectivity index (χ1) is 9.06. The second-order valence-electron chi connectivity index (χ2n) is 4.82. The maximum atomic E-state index is 11.8. The number of rotatable bonds is 2. The summed E-state index contributed by atoms with van der Waals surface area (Å²) in [4.78, 5) is 13.1. The lowest BCUT2D eigenvalue weighted by Crippen LogP contribution is -3.12. The third-order valence-electron chi connectivity index (χ3n) is 3.67. The second kappa shape index (κ2) is 5.43. The minimum Gasteiger partial charge on any atom is -0.494 e. The van der Waals surface area contributed by atoms with Gasteiger partial charge in [0.1, 0.15) is 31.3 Å². The van der Waals surface area contributed by atoms with Gasteiger partial charge in [-0.3, -0.25) is 9.36 Å². The van der Waals surface area contributed by atoms with Crippen molar-refractivity contribution in [2.75, 3.05) is 26.3 Å². The van der Waals surface area contributed by atoms with Crippen LogP contribution in [0.4, 0.5) is 0 Å². The predicted octanol–water partition coefficient (Wildman–Crippen LogP) is -1.31. The molecule has 1 saturated heterocycles. The highest BCUT2D eigenvalue weighted by Crippen LogP contribution is 2.19. The van der Waals surface area contributed by atoms with Gasteiger partial charge in [-0.25, -0.2) is 0 Å². The molecule has 0 aromatic carbocycles. The van der Waals surface area contributed by atoms with Gasteiger partial charge in [-0.1, -0.05) is 0 Å². The average Bonchev–Trinajstić information content (AvgIpc) is 2.43. The summed E-state index contributed by atoms with van der Waals surface area (Å²) >= 11 is 0. The molecule has 0 unspecified atom stereocenters. The summed E-state index contributed by atoms with van der Waals surface area (Å²) in [5, 5.41) is 19.2. The van der Waals surface area contributed by atoms with Crippen molar-refractivity contribution in [3.63, 3.8) is 0 Å². The Balaban J connectivity index is 2.42. The Hall–Kier alpha value is -1.84. The Morgan fingerprint density at radius 3 is 2.68 bits per heavy atom. The molecule has 0 aliphatic carbocycles. The van der Waals surface area contributed by atoms with Crippen molar-refractivity contribution in [1.29, 1.82) is 5.26 Å². The monoisotopic (exact) mass is 264 g/mol. The SMILES string of the molecule is Cc1c(C[NH+]2CCOCC2)c(O)n(C)c(=O)c1C#N. The first kappa shape index (κ1) is 13.6. The van der Waals surface area contributed by atoms with Crippen molar-refractivity contribution >= 4 is 0 Å². The van der Waals surface area contributed by atoms with Gasteiger partial charge in [-0.15, -0.1) is 0 Å². The number of nitrogens with zero attached hydrogens (tertiary/aromatic N) is 2. The van der Waals surface area contributed by atoms with Crippen LogP contribution in [0, 0.1) is 18.3 Å². The van der Waals surface area contributed by atoms with Crippen LogP contribution in [0.2, 0.25) is 0 Å². The third kappa shape index (κ3) is 2.48. The molecule has 1 aliphatic heterocycles. The highest BCUT2D eigenvalue weighted by atomic mass is 16.5. The molecule has 0 amide bonds. The van der Waals surface area contributed by atoms with Crippen LogP contribution in [0.25, 0.3) is 0 Å². The van der Waals surface area contributed by atoms with E-state index >= 15 is 0 Å². The molecule has 0 bridgehead atoms. The summed E-state index contributed by atoms with van der Waals surface area (Å²) in [7, 11) is 1.48. The van der Waals surface area contributed by atoms with Crippen LogP contribution < -0.4 is 10.5 Å². The molecular weight excluding hydrogens is 246 g/mol. The van der Waals surface area contributed by atoms with E-state index in [-0.39, 0.29) is 11.4 Å². The molecule has 0 atom stereocenters. The molecule has 1 fully saturated rings. The number of aromatic nitrogens is 1. The zero-order valence-corrected chi connectivity index (χ0v) is 11.2. The lowest BCUT2D eigenvalue weighted by Gasteiger charge is -2.25. The summed E-state index contributed by atoms with van der Waals surface area (Å²) in [5.74, 6) is -0.0412. The van der Waals surface area contributed by atoms with Crippen molar-refractivity contribution in [3.05, 3.63) is 27.0 Å². The molecule has 0 spiro atoms. The van der Waals surface area contributed by atoms with Crippen molar-refractivity contribution < 1.29 is 14.7 Å². The van der Waals surface area contributed by atoms with Crippen molar-refractivity contribution in [1.82, 2.24) is 4.57 Å². The second-order valence-corrected chi connectivity index (χ2v) is 4.82. The predicted molar refractivity (Wildman–Crippen MR) is 68.0 cm³/mol. The Labute approximate surface area is 111 Å². The molecule has 102 valence electrons. The normalized spacial score (nSPS) is 16.3. The molecule has 0 saturated carbocycles. The number of morpholine rings is 1. The Morgan fingerprint density at radius 1 is 1.47 bits per heavy atom. The van der Waals surface area contributed by atoms with Gasteiger partial charge in [0.2, 0.25) is 5.88 Å². The van der Waals surface area contributed by atoms with Gasteiger partial charge in [0.15, 0.2) is 0 Å². The topological polar surface area (TPSA) is 79.7 Å². The van der Waals surface area contributed by atoms with Gasteiger partial charge in [0.05, 0.1) is 18.8 Å². The molecule has 0 radical (unpaired) electrons. The molecule has 2 N–H and O–H groups in total. The first-order valence-corrected chi connectivity index (χ1v) is 6.29. The summed E-state index contributed by atoms with van der Waals surface area (Å²) in [5.41, 5.74) is 0.929. The van der Waals surface area contributed by atoms with Crippen LogP contribution in [0.5, 0.6) is 5.88 Å². The number of aromatic hydroxyl groups is 1. The fraction of sp³-hybridized carbons (Fsp3) is 0.538. The third-order valence-corrected chi connectivity index (χ3v) is 3.67. The van der Waals surface area contributed by atoms with E-state index in [4.69, 9.17) is 10.00 Å². The van der Waals surface area contributed by atoms with E-state index < -0.39 is 5.56 Å². The Kier molecular flexibility index (Phi) is 3.88. The zero-order chi connectivity index (χ0) is 14.0. The van der Waals surface area contributed by atoms with E-state index in [0.29, 0.717) is 30.9 Å². The van der Waals surface area contributed by atoms with Gasteiger partial charge in [0, 0.05) is 7.05 Å². The van der Waals surface area contributed by atoms with Gasteiger partial charge in [-0.05, 0) is 12.5 Å². The largest absolute Gasteiger partial charge is 0.494 e. The standard InChI is InChI=1S/C13H17N3O3/c1-9-10(7-14)12(17)15(2)13(18)11(9)8-16-3-5-19-6-4-16/h18H,3-6,8H2,1-2H3/p+1. The molecule has 2 heterocycles. The van der Waals surface area contributed by atoms with Crippen LogP contribution in [-0.4, -0.2) is 36.0 Å². The van der Waals surface area contributed by atoms with Gasteiger partial charge >= 0.3 is 0 Å². The fourth-order valence-electron chi connectivity index (χ4n) is 2.38. The van der Waals surface area contributed by atoms with Crippen LogP contribution >= 0.6 is 0 Å². The molecule has 1 aliphatic rings. The lowest BCUT2D eigenvalue weighted by atomic mass is 10.0. The van der Waals surface area contributed by atoms with E-state index in [2.05, 4.69) is 0 Å². The van der Waals surface area contributed by atoms with E-state index in [1.165, 1.54) is 11.9 Å². The Morgan fingerprint density at radius 2 is 2.11 bits per heavy atom. The Bertz CT molecular complexity index is 580. The zero-order valence-electron chi connectivity index (χ0n) is 11.2. The van der Waals surface area contributed by atoms with Gasteiger partial charge < -0.3 is 14.7 Å². The number of nitriles is 1. The summed E-state index contributed by atoms with van der Waals surface area (Å²) in [6.45, 7) is 5.45. The number of nitrogens with one attached hydrogen (secondary N) is 1. The van der Waals surface area contributed by atoms with Crippen molar-refractivity contribution in [2.24, 2.45) is 7.05 Å². The highest BCUT2D eigenvalue weighted by Gasteiger charge is 2.22. The maximum Gasteiger partial charge on any atom is 0.271 e. The van der Waals surface area contributed by atoms with Crippen LogP contribution in [0.15, 0.2) is 4.79 Å². The number of ether oxygens (including phenoxy) is 1. The quantitative estimate of drug-likeness (QED) is 0.695. The molecule has 6 heteroatoms. The molecular formula is C13H18N3O3+. The summed E-state index contributed by atoms with van der Waals surface area (Å²) < 4.78 is 6.43. The first-order valence-electron chi connectivity index (χ1n) is 6.29. The fourth-order valence-corrected chi connectivity index (χ4v) is 2.38. The molecule has 19 heavy (non-hydrogen) atoms. The minimum absolute atomic E-state index is 0.0412. The summed E-state index contributed by atoms with van der Waals surface area (Å²) in [6, 6.07) is 1.93. The average molecular weight is 264 g/mol. The van der Waals surface area contributed by atoms with Crippen molar-refractivity contribution in [2.45, 2.75) is 13.5 Å². The number of hydrogen-bond acceptors (Lipinski definition) is 4. The smallest absolute Gasteiger partial charge is 0.271 e. The molecule has 1 aromatic rings. The van der Waals surface area contributed by atoms with Crippen LogP contribution in [0.3, 0.4) is 0 Å². The van der Waals surface area contributed by atoms with Crippen LogP contribution in [-0.2, 0) is 18.3 Å². The number of quaternary nitrogens is 1. The lowest BCUT2D eigenvalue weighted by molar-refractivity contribution is -0.921. The van der Waals surface area contributed by atoms with E-state index in [9.17, 15) is 9.90 Å². The van der Waals surface area contributed by atoms with Crippen molar-refractivity contribution in [3.8, 4) is 11.9 Å². The maximum absolute atomic E-state index is 11.8. The molecule has 2 rings (SSSR count). The highest BCUT2D eigenvalue weighted by molar-refractivity contribution is 5.44.